The Balaban J connectivity index is 1.89. The maximum absolute atomic E-state index is 12.6. The fourth-order valence-electron chi connectivity index (χ4n) is 2.77. The van der Waals surface area contributed by atoms with E-state index in [0.29, 0.717) is 0 Å². The molecule has 3 aromatic rings. The van der Waals surface area contributed by atoms with E-state index in [1.807, 2.05) is 0 Å². The SMILES string of the molecule is Cn1c(=O)c2cc(C(=O)Nc3ccc(OCC(F)(F)F)c(C#N)c3)cnc2n(C)c1=O. The van der Waals surface area contributed by atoms with Crippen LogP contribution in [0.4, 0.5) is 18.9 Å². The van der Waals surface area contributed by atoms with Gasteiger partial charge in [0.2, 0.25) is 0 Å². The average molecular weight is 433 g/mol. The van der Waals surface area contributed by atoms with Gasteiger partial charge in [0, 0.05) is 26.0 Å². The van der Waals surface area contributed by atoms with Crippen LogP contribution in [0.25, 0.3) is 11.0 Å². The molecule has 0 unspecified atom stereocenters. The number of halogens is 3. The van der Waals surface area contributed by atoms with Crippen molar-refractivity contribution in [2.24, 2.45) is 14.1 Å². The number of fused-ring (bicyclic) bond motifs is 1. The number of nitrogens with zero attached hydrogens (tertiary/aromatic N) is 4. The number of carbonyl (C=O) groups is 1. The lowest BCUT2D eigenvalue weighted by atomic mass is 10.1. The molecule has 0 radical (unpaired) electrons. The van der Waals surface area contributed by atoms with Gasteiger partial charge >= 0.3 is 11.9 Å². The molecule has 1 aromatic carbocycles. The van der Waals surface area contributed by atoms with Crippen LogP contribution in [-0.2, 0) is 14.1 Å². The standard InChI is InChI=1S/C19H14F3N5O4/c1-26-15-13(17(29)27(2)18(26)30)6-11(8-24-15)16(28)25-12-3-4-14(10(5-12)7-23)31-9-19(20,21)22/h3-6,8H,9H2,1-2H3,(H,25,28). The smallest absolute Gasteiger partial charge is 0.422 e. The maximum atomic E-state index is 12.6. The van der Waals surface area contributed by atoms with E-state index in [9.17, 15) is 27.6 Å². The molecule has 0 fully saturated rings. The van der Waals surface area contributed by atoms with Crippen molar-refractivity contribution < 1.29 is 22.7 Å². The van der Waals surface area contributed by atoms with Crippen LogP contribution in [0, 0.1) is 11.3 Å². The summed E-state index contributed by atoms with van der Waals surface area (Å²) in [5, 5.41) is 11.7. The van der Waals surface area contributed by atoms with Crippen molar-refractivity contribution in [3.05, 3.63) is 62.4 Å². The molecule has 0 aliphatic rings. The number of anilines is 1. The maximum Gasteiger partial charge on any atom is 0.422 e. The molecule has 0 aliphatic carbocycles. The van der Waals surface area contributed by atoms with E-state index in [2.05, 4.69) is 15.0 Å². The van der Waals surface area contributed by atoms with E-state index < -0.39 is 29.9 Å². The Morgan fingerprint density at radius 1 is 1.23 bits per heavy atom. The summed E-state index contributed by atoms with van der Waals surface area (Å²) in [5.74, 6) is -0.965. The first-order valence-corrected chi connectivity index (χ1v) is 8.62. The second kappa shape index (κ2) is 7.94. The lowest BCUT2D eigenvalue weighted by Crippen LogP contribution is -2.37. The van der Waals surface area contributed by atoms with Crippen molar-refractivity contribution in [2.75, 3.05) is 11.9 Å². The lowest BCUT2D eigenvalue weighted by molar-refractivity contribution is -0.153. The molecule has 0 bridgehead atoms. The van der Waals surface area contributed by atoms with Gasteiger partial charge in [-0.2, -0.15) is 18.4 Å². The molecular formula is C19H14F3N5O4. The predicted molar refractivity (Wildman–Crippen MR) is 103 cm³/mol. The molecule has 0 saturated heterocycles. The normalized spacial score (nSPS) is 11.2. The van der Waals surface area contributed by atoms with Crippen molar-refractivity contribution in [1.82, 2.24) is 14.1 Å². The van der Waals surface area contributed by atoms with E-state index in [1.165, 1.54) is 32.4 Å². The number of benzene rings is 1. The molecular weight excluding hydrogens is 419 g/mol. The topological polar surface area (TPSA) is 119 Å². The molecule has 1 amide bonds. The number of carbonyl (C=O) groups excluding carboxylic acids is 1. The van der Waals surface area contributed by atoms with Crippen LogP contribution in [0.3, 0.4) is 0 Å². The highest BCUT2D eigenvalue weighted by molar-refractivity contribution is 6.05. The number of rotatable bonds is 4. The van der Waals surface area contributed by atoms with Gasteiger partial charge in [0.25, 0.3) is 11.5 Å². The summed E-state index contributed by atoms with van der Waals surface area (Å²) in [6.45, 7) is -1.56. The number of hydrogen-bond acceptors (Lipinski definition) is 6. The highest BCUT2D eigenvalue weighted by atomic mass is 19.4. The molecule has 3 rings (SSSR count). The zero-order valence-corrected chi connectivity index (χ0v) is 16.1. The number of amides is 1. The van der Waals surface area contributed by atoms with Gasteiger partial charge in [-0.3, -0.25) is 18.7 Å². The van der Waals surface area contributed by atoms with Gasteiger partial charge in [-0.05, 0) is 24.3 Å². The van der Waals surface area contributed by atoms with Crippen molar-refractivity contribution >= 4 is 22.6 Å². The first kappa shape index (κ1) is 21.6. The first-order chi connectivity index (χ1) is 14.5. The summed E-state index contributed by atoms with van der Waals surface area (Å²) >= 11 is 0. The highest BCUT2D eigenvalue weighted by Gasteiger charge is 2.29. The number of ether oxygens (including phenoxy) is 1. The van der Waals surface area contributed by atoms with Gasteiger partial charge in [-0.15, -0.1) is 0 Å². The number of aryl methyl sites for hydroxylation is 1. The third-order valence-electron chi connectivity index (χ3n) is 4.30. The number of aromatic nitrogens is 3. The Kier molecular flexibility index (Phi) is 5.52. The zero-order valence-electron chi connectivity index (χ0n) is 16.1. The van der Waals surface area contributed by atoms with E-state index in [0.717, 1.165) is 21.3 Å². The minimum atomic E-state index is -4.57. The van der Waals surface area contributed by atoms with Crippen LogP contribution in [0.2, 0.25) is 0 Å². The summed E-state index contributed by atoms with van der Waals surface area (Å²) in [6.07, 6.45) is -3.40. The van der Waals surface area contributed by atoms with Crippen LogP contribution in [0.1, 0.15) is 15.9 Å². The Bertz CT molecular complexity index is 1350. The predicted octanol–water partition coefficient (Wildman–Crippen LogP) is 1.70. The third kappa shape index (κ3) is 4.40. The Labute approximate surface area is 171 Å². The van der Waals surface area contributed by atoms with Crippen molar-refractivity contribution in [2.45, 2.75) is 6.18 Å². The monoisotopic (exact) mass is 433 g/mol. The number of nitrogens with one attached hydrogen (secondary N) is 1. The number of hydrogen-bond donors (Lipinski definition) is 1. The van der Waals surface area contributed by atoms with Crippen LogP contribution in [0.5, 0.6) is 5.75 Å². The molecule has 31 heavy (non-hydrogen) atoms. The first-order valence-electron chi connectivity index (χ1n) is 8.62. The van der Waals surface area contributed by atoms with Gasteiger partial charge in [0.1, 0.15) is 17.5 Å². The third-order valence-corrected chi connectivity index (χ3v) is 4.30. The highest BCUT2D eigenvalue weighted by Crippen LogP contribution is 2.25. The second-order valence-corrected chi connectivity index (χ2v) is 6.48. The molecule has 12 heteroatoms. The van der Waals surface area contributed by atoms with E-state index in [1.54, 1.807) is 6.07 Å². The zero-order chi connectivity index (χ0) is 22.9. The number of nitriles is 1. The quantitative estimate of drug-likeness (QED) is 0.669. The van der Waals surface area contributed by atoms with Crippen molar-refractivity contribution in [1.29, 1.82) is 5.26 Å². The van der Waals surface area contributed by atoms with Crippen LogP contribution >= 0.6 is 0 Å². The molecule has 2 aromatic heterocycles. The minimum absolute atomic E-state index is 0.000783. The average Bonchev–Trinajstić information content (AvgIpc) is 2.74. The summed E-state index contributed by atoms with van der Waals surface area (Å²) in [7, 11) is 2.73. The van der Waals surface area contributed by atoms with Crippen LogP contribution in [-0.4, -0.2) is 32.8 Å². The minimum Gasteiger partial charge on any atom is -0.483 e. The van der Waals surface area contributed by atoms with Gasteiger partial charge < -0.3 is 10.1 Å². The van der Waals surface area contributed by atoms with E-state index >= 15 is 0 Å². The molecule has 0 saturated carbocycles. The van der Waals surface area contributed by atoms with Gasteiger partial charge in [0.05, 0.1) is 16.5 Å². The summed E-state index contributed by atoms with van der Waals surface area (Å²) in [5.41, 5.74) is -1.18. The largest absolute Gasteiger partial charge is 0.483 e. The molecule has 2 heterocycles. The van der Waals surface area contributed by atoms with E-state index in [-0.39, 0.29) is 33.6 Å². The molecule has 160 valence electrons. The molecule has 9 nitrogen and oxygen atoms in total. The molecule has 0 spiro atoms. The Hall–Kier alpha value is -4.14. The second-order valence-electron chi connectivity index (χ2n) is 6.48. The molecule has 0 aliphatic heterocycles. The van der Waals surface area contributed by atoms with Crippen LogP contribution < -0.4 is 21.3 Å². The fraction of sp³-hybridized carbons (Fsp3) is 0.211. The van der Waals surface area contributed by atoms with Crippen LogP contribution in [0.15, 0.2) is 40.1 Å². The van der Waals surface area contributed by atoms with Gasteiger partial charge in [-0.1, -0.05) is 0 Å². The van der Waals surface area contributed by atoms with E-state index in [4.69, 9.17) is 5.26 Å². The lowest BCUT2D eigenvalue weighted by Gasteiger charge is -2.12. The Morgan fingerprint density at radius 2 is 1.94 bits per heavy atom. The van der Waals surface area contributed by atoms with Gasteiger partial charge in [0.15, 0.2) is 6.61 Å². The summed E-state index contributed by atoms with van der Waals surface area (Å²) in [4.78, 5) is 40.9. The summed E-state index contributed by atoms with van der Waals surface area (Å²) in [6, 6.07) is 6.52. The summed E-state index contributed by atoms with van der Waals surface area (Å²) < 4.78 is 43.6. The Morgan fingerprint density at radius 3 is 2.58 bits per heavy atom. The van der Waals surface area contributed by atoms with Crippen molar-refractivity contribution in [3.8, 4) is 11.8 Å². The van der Waals surface area contributed by atoms with Crippen molar-refractivity contribution in [3.63, 3.8) is 0 Å². The van der Waals surface area contributed by atoms with Gasteiger partial charge in [-0.25, -0.2) is 9.78 Å². The molecule has 1 N–H and O–H groups in total. The fourth-order valence-corrected chi connectivity index (χ4v) is 2.77. The molecule has 0 atom stereocenters. The number of pyridine rings is 1. The number of alkyl halides is 3.